The number of aromatic amines is 1. The molecule has 4 N–H and O–H groups in total. The Hall–Kier alpha value is -9.02. The largest absolute Gasteiger partial charge is 0.545 e. The summed E-state index contributed by atoms with van der Waals surface area (Å²) in [5.41, 5.74) is 6.23. The summed E-state index contributed by atoms with van der Waals surface area (Å²) in [5, 5.41) is 43.2. The van der Waals surface area contributed by atoms with Crippen LogP contribution in [0.15, 0.2) is 206 Å². The summed E-state index contributed by atoms with van der Waals surface area (Å²) in [6.45, 7) is 0. The van der Waals surface area contributed by atoms with Crippen molar-refractivity contribution in [3.63, 3.8) is 0 Å². The van der Waals surface area contributed by atoms with Crippen molar-refractivity contribution in [1.82, 2.24) is 4.98 Å². The molecule has 10 nitrogen and oxygen atoms in total. The third-order valence-corrected chi connectivity index (χ3v) is 10.1. The molecule has 0 fully saturated rings. The first-order chi connectivity index (χ1) is 31.1. The van der Waals surface area contributed by atoms with Crippen molar-refractivity contribution in [2.45, 2.75) is 0 Å². The van der Waals surface area contributed by atoms with Crippen LogP contribution in [-0.2, 0) is 0 Å². The number of pyridine rings is 2. The Balaban J connectivity index is 0.000000128. The smallest absolute Gasteiger partial charge is 0.336 e. The van der Waals surface area contributed by atoms with E-state index < -0.39 is 23.9 Å². The minimum atomic E-state index is -1.33. The highest BCUT2D eigenvalue weighted by Gasteiger charge is 2.17. The van der Waals surface area contributed by atoms with E-state index in [1.165, 1.54) is 56.8 Å². The van der Waals surface area contributed by atoms with Crippen molar-refractivity contribution in [3.05, 3.63) is 229 Å². The van der Waals surface area contributed by atoms with Gasteiger partial charge >= 0.3 is 17.9 Å². The average molecular weight is 843 g/mol. The van der Waals surface area contributed by atoms with Gasteiger partial charge in [0.05, 0.1) is 33.7 Å². The van der Waals surface area contributed by atoms with E-state index in [2.05, 4.69) is 70.6 Å². The molecular formula is C54H38N2O8. The maximum Gasteiger partial charge on any atom is 0.336 e. The van der Waals surface area contributed by atoms with Gasteiger partial charge in [-0.2, -0.15) is 0 Å². The third-order valence-electron chi connectivity index (χ3n) is 10.1. The van der Waals surface area contributed by atoms with Crippen LogP contribution in [0.25, 0.3) is 65.9 Å². The zero-order valence-corrected chi connectivity index (χ0v) is 34.0. The number of nitrogens with one attached hydrogen (secondary N) is 1. The molecule has 0 spiro atoms. The van der Waals surface area contributed by atoms with E-state index in [1.807, 2.05) is 48.5 Å². The van der Waals surface area contributed by atoms with E-state index in [0.29, 0.717) is 22.3 Å². The molecule has 312 valence electrons. The maximum absolute atomic E-state index is 11.1. The molecule has 2 aromatic heterocycles. The number of carboxylic acids is 4. The van der Waals surface area contributed by atoms with Gasteiger partial charge in [0.25, 0.3) is 0 Å². The minimum absolute atomic E-state index is 0.0220. The van der Waals surface area contributed by atoms with Gasteiger partial charge in [0.2, 0.25) is 11.0 Å². The lowest BCUT2D eigenvalue weighted by molar-refractivity contribution is -0.310. The lowest BCUT2D eigenvalue weighted by Gasteiger charge is -2.12. The van der Waals surface area contributed by atoms with Crippen molar-refractivity contribution in [3.8, 4) is 22.3 Å². The van der Waals surface area contributed by atoms with Crippen molar-refractivity contribution in [2.75, 3.05) is 0 Å². The number of carboxylic acid groups (broad SMARTS) is 4. The standard InChI is InChI=1S/2C14H10O4.2C13H9N/c2*15-13(16)11-7-3-1-5-9(11)10-6-2-4-8-12(10)14(17)18;2*1-3-7-12-10(5-1)9-11-6-2-4-8-13(11)14-12/h2*1-8H,(H,15,16)(H,17,18);2*1-9H. The summed E-state index contributed by atoms with van der Waals surface area (Å²) < 4.78 is 0. The van der Waals surface area contributed by atoms with Crippen LogP contribution < -0.4 is 10.1 Å². The summed E-state index contributed by atoms with van der Waals surface area (Å²) in [7, 11) is 0. The molecule has 2 heterocycles. The van der Waals surface area contributed by atoms with Gasteiger partial charge in [-0.3, -0.25) is 0 Å². The first kappa shape index (κ1) is 43.1. The highest BCUT2D eigenvalue weighted by Crippen LogP contribution is 2.28. The van der Waals surface area contributed by atoms with Gasteiger partial charge in [0.15, 0.2) is 0 Å². The van der Waals surface area contributed by atoms with Crippen LogP contribution in [0.4, 0.5) is 0 Å². The summed E-state index contributed by atoms with van der Waals surface area (Å²) in [5.74, 6) is -4.58. The number of aromatic carboxylic acids is 4. The number of para-hydroxylation sites is 4. The van der Waals surface area contributed by atoms with Gasteiger partial charge in [-0.15, -0.1) is 0 Å². The molecule has 0 amide bonds. The van der Waals surface area contributed by atoms with E-state index >= 15 is 0 Å². The Morgan fingerprint density at radius 2 is 0.641 bits per heavy atom. The Morgan fingerprint density at radius 3 is 1.02 bits per heavy atom. The Kier molecular flexibility index (Phi) is 13.5. The number of H-pyrrole nitrogens is 1. The zero-order chi connectivity index (χ0) is 45.0. The van der Waals surface area contributed by atoms with Crippen LogP contribution in [0, 0.1) is 0 Å². The molecule has 10 aromatic rings. The number of carbonyl (C=O) groups is 4. The number of nitrogens with zero attached hydrogens (tertiary/aromatic N) is 1. The normalized spacial score (nSPS) is 10.4. The molecule has 0 saturated carbocycles. The predicted molar refractivity (Wildman–Crippen MR) is 246 cm³/mol. The summed E-state index contributed by atoms with van der Waals surface area (Å²) in [6.07, 6.45) is 0. The van der Waals surface area contributed by atoms with E-state index in [9.17, 15) is 24.3 Å². The number of rotatable bonds is 6. The van der Waals surface area contributed by atoms with Crippen LogP contribution in [0.3, 0.4) is 0 Å². The zero-order valence-electron chi connectivity index (χ0n) is 34.0. The van der Waals surface area contributed by atoms with Gasteiger partial charge < -0.3 is 25.2 Å². The molecular weight excluding hydrogens is 805 g/mol. The maximum atomic E-state index is 11.1. The van der Waals surface area contributed by atoms with Gasteiger partial charge in [0, 0.05) is 39.2 Å². The lowest BCUT2D eigenvalue weighted by Crippen LogP contribution is -2.23. The molecule has 8 aromatic carbocycles. The molecule has 0 radical (unpaired) electrons. The van der Waals surface area contributed by atoms with Crippen molar-refractivity contribution < 1.29 is 44.6 Å². The number of aromatic nitrogens is 2. The highest BCUT2D eigenvalue weighted by atomic mass is 16.4. The minimum Gasteiger partial charge on any atom is -0.545 e. The second-order valence-electron chi connectivity index (χ2n) is 14.2. The first-order valence-corrected chi connectivity index (χ1v) is 19.9. The van der Waals surface area contributed by atoms with E-state index in [4.69, 9.17) is 15.3 Å². The molecule has 10 rings (SSSR count). The topological polar surface area (TPSA) is 179 Å². The average Bonchev–Trinajstić information content (AvgIpc) is 3.33. The van der Waals surface area contributed by atoms with E-state index in [0.717, 1.165) is 11.0 Å². The van der Waals surface area contributed by atoms with Crippen molar-refractivity contribution >= 4 is 67.5 Å². The predicted octanol–water partition coefficient (Wildman–Crippen LogP) is 10.4. The monoisotopic (exact) mass is 842 g/mol. The van der Waals surface area contributed by atoms with Crippen LogP contribution >= 0.6 is 0 Å². The lowest BCUT2D eigenvalue weighted by atomic mass is 9.95. The molecule has 0 aliphatic heterocycles. The number of hydrogen-bond donors (Lipinski definition) is 3. The summed E-state index contributed by atoms with van der Waals surface area (Å²) in [6, 6.07) is 62.6. The summed E-state index contributed by atoms with van der Waals surface area (Å²) >= 11 is 0. The fourth-order valence-corrected chi connectivity index (χ4v) is 7.12. The fourth-order valence-electron chi connectivity index (χ4n) is 7.12. The van der Waals surface area contributed by atoms with Gasteiger partial charge in [-0.05, 0) is 76.9 Å². The molecule has 0 aliphatic rings. The Bertz CT molecular complexity index is 2790. The quantitative estimate of drug-likeness (QED) is 0.137. The third kappa shape index (κ3) is 10.1. The van der Waals surface area contributed by atoms with Crippen molar-refractivity contribution in [2.24, 2.45) is 0 Å². The molecule has 0 bridgehead atoms. The number of benzene rings is 8. The molecule has 64 heavy (non-hydrogen) atoms. The van der Waals surface area contributed by atoms with Crippen LogP contribution in [0.1, 0.15) is 41.4 Å². The van der Waals surface area contributed by atoms with E-state index in [-0.39, 0.29) is 22.3 Å². The van der Waals surface area contributed by atoms with Gasteiger partial charge in [-0.1, -0.05) is 140 Å². The Morgan fingerprint density at radius 1 is 0.359 bits per heavy atom. The van der Waals surface area contributed by atoms with Gasteiger partial charge in [-0.25, -0.2) is 24.4 Å². The van der Waals surface area contributed by atoms with Crippen LogP contribution in [0.5, 0.6) is 0 Å². The molecule has 0 unspecified atom stereocenters. The molecule has 0 atom stereocenters. The van der Waals surface area contributed by atoms with Crippen molar-refractivity contribution in [1.29, 1.82) is 0 Å². The van der Waals surface area contributed by atoms with Crippen LogP contribution in [0.2, 0.25) is 0 Å². The number of hydrogen-bond acceptors (Lipinski definition) is 6. The Labute approximate surface area is 366 Å². The fraction of sp³-hybridized carbons (Fsp3) is 0. The molecule has 10 heteroatoms. The summed E-state index contributed by atoms with van der Waals surface area (Å²) in [4.78, 5) is 52.4. The van der Waals surface area contributed by atoms with E-state index in [1.54, 1.807) is 72.8 Å². The first-order valence-electron chi connectivity index (χ1n) is 19.9. The van der Waals surface area contributed by atoms with Crippen LogP contribution in [-0.4, -0.2) is 44.2 Å². The molecule has 0 aliphatic carbocycles. The highest BCUT2D eigenvalue weighted by molar-refractivity contribution is 6.03. The number of fused-ring (bicyclic) bond motifs is 4. The second kappa shape index (κ2) is 20.0. The molecule has 0 saturated heterocycles. The number of carbonyl (C=O) groups excluding carboxylic acids is 1. The second-order valence-corrected chi connectivity index (χ2v) is 14.2. The SMILES string of the molecule is O=C(O)c1ccccc1-c1ccccc1C(=O)O.O=C([O-])c1ccccc1-c1ccccc1C(=O)O.c1ccc2[nH+]c3ccccc3cc2c1.c1ccc2nc3ccccc3cc2c1. The van der Waals surface area contributed by atoms with Gasteiger partial charge in [0.1, 0.15) is 0 Å².